The number of aliphatic hydroxyl groups excluding tert-OH is 1. The lowest BCUT2D eigenvalue weighted by Gasteiger charge is -2.29. The van der Waals surface area contributed by atoms with Crippen molar-refractivity contribution >= 4 is 80.1 Å². The fourth-order valence-corrected chi connectivity index (χ4v) is 12.7. The van der Waals surface area contributed by atoms with E-state index in [1.54, 1.807) is 45.0 Å². The van der Waals surface area contributed by atoms with Crippen molar-refractivity contribution in [2.75, 3.05) is 65.8 Å². The Morgan fingerprint density at radius 2 is 0.776 bits per heavy atom. The van der Waals surface area contributed by atoms with Crippen molar-refractivity contribution in [2.24, 2.45) is 28.2 Å². The van der Waals surface area contributed by atoms with Crippen LogP contribution in [0.25, 0.3) is 90.2 Å². The SMILES string of the molecule is C1COCCN1.CCC(Oc1ncnc2c1nc(-c1cnn(CC)c1C)n2C)C(=O)N1CCOCC1.CCC(Oc1ncnc2c1nc(-c1cnn(CC)c1C)n2C)C(=O)O.CCOC(=O)C(CC)Oc1ncnc2c1nc(-c1cnn(CC)c1C)n2C.CCOC(=O)C(O)CC.CCn1ncc(-c2nc3c(Cl)ncnc3n2C)c1C. The van der Waals surface area contributed by atoms with E-state index in [0.717, 1.165) is 121 Å². The number of ether oxygens (including phenoxy) is 7. The highest BCUT2D eigenvalue weighted by Gasteiger charge is 2.31. The number of nitrogens with one attached hydrogen (secondary N) is 1. The molecule has 2 fully saturated rings. The molecule has 116 heavy (non-hydrogen) atoms. The molecule has 3 N–H and O–H groups in total. The zero-order valence-corrected chi connectivity index (χ0v) is 69.9. The second kappa shape index (κ2) is 41.7. The number of aliphatic hydroxyl groups is 1. The summed E-state index contributed by atoms with van der Waals surface area (Å²) in [6.45, 7) is 36.8. The van der Waals surface area contributed by atoms with Gasteiger partial charge in [-0.2, -0.15) is 35.3 Å². The first kappa shape index (κ1) is 88.4. The van der Waals surface area contributed by atoms with Crippen molar-refractivity contribution in [3.63, 3.8) is 0 Å². The summed E-state index contributed by atoms with van der Waals surface area (Å²) in [6, 6.07) is 0. The minimum Gasteiger partial charge on any atom is -0.479 e. The van der Waals surface area contributed by atoms with Crippen LogP contribution in [0.1, 0.15) is 118 Å². The van der Waals surface area contributed by atoms with E-state index >= 15 is 0 Å². The topological polar surface area (TPSA) is 434 Å². The van der Waals surface area contributed by atoms with Crippen molar-refractivity contribution in [1.29, 1.82) is 0 Å². The van der Waals surface area contributed by atoms with Crippen LogP contribution in [0.5, 0.6) is 17.6 Å². The van der Waals surface area contributed by atoms with E-state index in [1.807, 2.05) is 140 Å². The molecule has 12 aromatic rings. The largest absolute Gasteiger partial charge is 0.479 e. The highest BCUT2D eigenvalue weighted by atomic mass is 35.5. The molecule has 12 aromatic heterocycles. The molecule has 40 heteroatoms. The van der Waals surface area contributed by atoms with Gasteiger partial charge in [-0.1, -0.05) is 39.3 Å². The van der Waals surface area contributed by atoms with Gasteiger partial charge in [-0.05, 0) is 94.9 Å². The summed E-state index contributed by atoms with van der Waals surface area (Å²) in [5, 5.41) is 39.0. The Labute approximate surface area is 675 Å². The summed E-state index contributed by atoms with van der Waals surface area (Å²) in [5.41, 5.74) is 12.5. The number of carbonyl (C=O) groups is 4. The molecule has 0 spiro atoms. The summed E-state index contributed by atoms with van der Waals surface area (Å²) in [5.74, 6) is 1.66. The number of amides is 1. The number of halogens is 1. The fourth-order valence-electron chi connectivity index (χ4n) is 12.5. The van der Waals surface area contributed by atoms with Gasteiger partial charge in [0.1, 0.15) is 54.1 Å². The first-order valence-electron chi connectivity index (χ1n) is 38.7. The number of hydrogen-bond acceptors (Lipinski definition) is 29. The normalized spacial score (nSPS) is 13.7. The smallest absolute Gasteiger partial charge is 0.347 e. The molecule has 624 valence electrons. The molecule has 1 amide bonds. The van der Waals surface area contributed by atoms with Crippen LogP contribution in [0.3, 0.4) is 0 Å². The third-order valence-electron chi connectivity index (χ3n) is 19.1. The third kappa shape index (κ3) is 20.2. The van der Waals surface area contributed by atoms with Crippen LogP contribution in [0.2, 0.25) is 5.15 Å². The van der Waals surface area contributed by atoms with Crippen molar-refractivity contribution in [1.82, 2.24) is 127 Å². The van der Waals surface area contributed by atoms with E-state index in [9.17, 15) is 24.3 Å². The van der Waals surface area contributed by atoms with Gasteiger partial charge >= 0.3 is 17.9 Å². The molecule has 0 bridgehead atoms. The molecular weight excluding hydrogens is 1520 g/mol. The van der Waals surface area contributed by atoms with Gasteiger partial charge in [0.25, 0.3) is 5.91 Å². The van der Waals surface area contributed by atoms with Crippen LogP contribution in [0.15, 0.2) is 50.1 Å². The summed E-state index contributed by atoms with van der Waals surface area (Å²) in [4.78, 5) is 101. The number of morpholine rings is 2. The van der Waals surface area contributed by atoms with Crippen LogP contribution in [-0.2, 0) is 92.5 Å². The minimum atomic E-state index is -1.04. The predicted molar refractivity (Wildman–Crippen MR) is 429 cm³/mol. The Bertz CT molecular complexity index is 5270. The van der Waals surface area contributed by atoms with Crippen molar-refractivity contribution < 1.29 is 62.5 Å². The standard InChI is InChI=1S/C20H27N7O3.C18H24N6O3.C16H20N6O3.C12H13ClN6.C6H12O3.C4H9NO/c1-5-15(20(28)26-7-9-29-10-8-26)30-19-16-18(21-12-22-19)25(4)17(24-16)14-11-23-27(6-2)13(14)3;1-6-13(18(25)26-8-3)27-17-14-16(19-10-20-17)23(5)15(22-14)12-9-21-24(7-2)11(12)4;1-5-11(16(23)24)25-15-12-14(17-8-18-15)21(4)13(20-12)10-7-19-22(6-2)9(10)3;1-4-19-7(2)8(5-16-19)11-17-9-10(13)14-6-15-12(9)18(11)3;1-3-5(7)6(8)9-4-2;1-3-6-4-2-5-1/h11-12,15H,5-10H2,1-4H3;9-10,13H,6-8H2,1-5H3;7-8,11H,5-6H2,1-4H3,(H,23,24);5-6H,4H2,1-3H3;5,7H,3-4H2,1-2H3;5H,1-4H2. The van der Waals surface area contributed by atoms with E-state index in [-0.39, 0.29) is 17.7 Å². The average Bonchev–Trinajstić information content (AvgIpc) is 1.64. The summed E-state index contributed by atoms with van der Waals surface area (Å²) >= 11 is 6.05. The zero-order valence-electron chi connectivity index (χ0n) is 69.1. The number of hydrogen-bond donors (Lipinski definition) is 3. The molecule has 0 aliphatic carbocycles. The number of aryl methyl sites for hydroxylation is 8. The molecule has 39 nitrogen and oxygen atoms in total. The number of carbonyl (C=O) groups excluding carboxylic acids is 3. The van der Waals surface area contributed by atoms with Crippen LogP contribution >= 0.6 is 11.6 Å². The van der Waals surface area contributed by atoms with E-state index < -0.39 is 42.3 Å². The van der Waals surface area contributed by atoms with Gasteiger partial charge in [-0.3, -0.25) is 23.5 Å². The molecule has 0 aromatic carbocycles. The molecule has 14 rings (SSSR count). The Hall–Kier alpha value is -11.6. The number of aromatic nitrogens is 24. The number of aliphatic carboxylic acids is 1. The summed E-state index contributed by atoms with van der Waals surface area (Å²) in [7, 11) is 7.54. The Balaban J connectivity index is 0.000000168. The quantitative estimate of drug-likeness (QED) is 0.0384. The van der Waals surface area contributed by atoms with Gasteiger partial charge in [0.05, 0.1) is 86.7 Å². The molecule has 14 heterocycles. The monoisotopic (exact) mass is 1620 g/mol. The Kier molecular flexibility index (Phi) is 31.7. The van der Waals surface area contributed by atoms with Crippen molar-refractivity contribution in [3.8, 4) is 63.2 Å². The van der Waals surface area contributed by atoms with Gasteiger partial charge < -0.3 is 71.9 Å². The van der Waals surface area contributed by atoms with E-state index in [4.69, 9.17) is 55.1 Å². The number of carboxylic acids is 1. The van der Waals surface area contributed by atoms with E-state index in [1.165, 1.54) is 25.3 Å². The first-order valence-corrected chi connectivity index (χ1v) is 39.1. The third-order valence-corrected chi connectivity index (χ3v) is 19.4. The summed E-state index contributed by atoms with van der Waals surface area (Å²) < 4.78 is 52.5. The second-order valence-corrected chi connectivity index (χ2v) is 26.7. The molecule has 0 saturated carbocycles. The maximum Gasteiger partial charge on any atom is 0.347 e. The lowest BCUT2D eigenvalue weighted by Crippen LogP contribution is -2.47. The summed E-state index contributed by atoms with van der Waals surface area (Å²) in [6.07, 6.45) is 11.3. The minimum absolute atomic E-state index is 0.0521. The second-order valence-electron chi connectivity index (χ2n) is 26.3. The van der Waals surface area contributed by atoms with Gasteiger partial charge in [-0.25, -0.2) is 59.2 Å². The van der Waals surface area contributed by atoms with Crippen molar-refractivity contribution in [2.45, 2.75) is 173 Å². The van der Waals surface area contributed by atoms with Gasteiger partial charge in [0.2, 0.25) is 17.6 Å². The Morgan fingerprint density at radius 1 is 0.448 bits per heavy atom. The molecule has 2 saturated heterocycles. The maximum absolute atomic E-state index is 12.9. The number of nitrogens with zero attached hydrogens (tertiary/aromatic N) is 25. The number of rotatable bonds is 24. The van der Waals surface area contributed by atoms with Gasteiger partial charge in [0.15, 0.2) is 68.7 Å². The number of esters is 2. The number of imidazole rings is 4. The molecule has 4 unspecified atom stereocenters. The molecule has 4 atom stereocenters. The molecule has 2 aliphatic heterocycles. The molecule has 0 radical (unpaired) electrons. The zero-order chi connectivity index (χ0) is 84.0. The fraction of sp³-hybridized carbons (Fsp3) is 0.526. The van der Waals surface area contributed by atoms with Crippen molar-refractivity contribution in [3.05, 3.63) is 78.0 Å². The van der Waals surface area contributed by atoms with E-state index in [0.29, 0.717) is 121 Å². The Morgan fingerprint density at radius 3 is 1.08 bits per heavy atom. The average molecular weight is 1630 g/mol. The number of fused-ring (bicyclic) bond motifs is 4. The van der Waals surface area contributed by atoms with Gasteiger partial charge in [0, 0.05) is 103 Å². The molecule has 2 aliphatic rings. The first-order chi connectivity index (χ1) is 55.9. The highest BCUT2D eigenvalue weighted by molar-refractivity contribution is 6.33. The van der Waals surface area contributed by atoms with E-state index in [2.05, 4.69) is 87.2 Å². The molecular formula is C76H105ClN26O13. The maximum atomic E-state index is 12.9. The lowest BCUT2D eigenvalue weighted by atomic mass is 10.2. The van der Waals surface area contributed by atoms with Crippen LogP contribution in [0, 0.1) is 27.7 Å². The van der Waals surface area contributed by atoms with Crippen LogP contribution in [0.4, 0.5) is 0 Å². The highest BCUT2D eigenvalue weighted by Crippen LogP contribution is 2.34. The number of carboxylic acid groups (broad SMARTS) is 1. The lowest BCUT2D eigenvalue weighted by molar-refractivity contribution is -0.153. The predicted octanol–water partition coefficient (Wildman–Crippen LogP) is 7.78. The van der Waals surface area contributed by atoms with Crippen LogP contribution < -0.4 is 19.5 Å². The van der Waals surface area contributed by atoms with Gasteiger partial charge in [-0.15, -0.1) is 0 Å². The van der Waals surface area contributed by atoms with Crippen LogP contribution in [-0.4, -0.2) is 246 Å².